The highest BCUT2D eigenvalue weighted by atomic mass is 32.1. The molecule has 4 nitrogen and oxygen atoms in total. The van der Waals surface area contributed by atoms with Crippen LogP contribution in [0.4, 0.5) is 0 Å². The second-order valence-corrected chi connectivity index (χ2v) is 6.87. The lowest BCUT2D eigenvalue weighted by atomic mass is 10.1. The monoisotopic (exact) mass is 315 g/mol. The van der Waals surface area contributed by atoms with E-state index in [-0.39, 0.29) is 11.9 Å². The van der Waals surface area contributed by atoms with Gasteiger partial charge in [-0.25, -0.2) is 4.98 Å². The molecule has 1 aromatic carbocycles. The smallest absolute Gasteiger partial charge is 0.273 e. The number of nitrogens with zero attached hydrogens (tertiary/aromatic N) is 2. The number of hydrogen-bond donors (Lipinski definition) is 1. The van der Waals surface area contributed by atoms with E-state index in [2.05, 4.69) is 37.0 Å². The Morgan fingerprint density at radius 3 is 2.95 bits per heavy atom. The van der Waals surface area contributed by atoms with Crippen LogP contribution in [-0.4, -0.2) is 34.9 Å². The summed E-state index contributed by atoms with van der Waals surface area (Å²) in [5, 5.41) is 2.76. The van der Waals surface area contributed by atoms with E-state index < -0.39 is 0 Å². The number of carbonyl (C=O) groups excluding carboxylic acids is 1. The maximum absolute atomic E-state index is 12.5. The summed E-state index contributed by atoms with van der Waals surface area (Å²) in [7, 11) is 0. The summed E-state index contributed by atoms with van der Waals surface area (Å²) >= 11 is 1.53. The van der Waals surface area contributed by atoms with Crippen molar-refractivity contribution in [3.05, 3.63) is 40.4 Å². The number of piperidine rings is 1. The van der Waals surface area contributed by atoms with Crippen LogP contribution in [0.15, 0.2) is 23.6 Å². The molecule has 1 fully saturated rings. The highest BCUT2D eigenvalue weighted by molar-refractivity contribution is 7.13. The molecule has 0 spiro atoms. The number of rotatable bonds is 2. The molecule has 22 heavy (non-hydrogen) atoms. The van der Waals surface area contributed by atoms with E-state index >= 15 is 0 Å². The third kappa shape index (κ3) is 3.05. The molecule has 0 aliphatic carbocycles. The molecule has 0 saturated carbocycles. The molecular weight excluding hydrogens is 294 g/mol. The zero-order valence-corrected chi connectivity index (χ0v) is 13.8. The number of benzene rings is 1. The molecule has 1 atom stereocenters. The number of thiazole rings is 1. The van der Waals surface area contributed by atoms with E-state index in [0.29, 0.717) is 12.2 Å². The van der Waals surface area contributed by atoms with E-state index in [1.807, 2.05) is 10.3 Å². The Balaban J connectivity index is 1.82. The van der Waals surface area contributed by atoms with Crippen molar-refractivity contribution in [2.75, 3.05) is 13.1 Å². The molecule has 2 heterocycles. The number of aryl methyl sites for hydroxylation is 2. The molecule has 1 amide bonds. The van der Waals surface area contributed by atoms with Gasteiger partial charge in [-0.3, -0.25) is 4.79 Å². The second kappa shape index (κ2) is 6.18. The Morgan fingerprint density at radius 2 is 2.23 bits per heavy atom. The van der Waals surface area contributed by atoms with Crippen LogP contribution in [-0.2, 0) is 0 Å². The lowest BCUT2D eigenvalue weighted by Crippen LogP contribution is -2.45. The van der Waals surface area contributed by atoms with Crippen LogP contribution in [0.1, 0.15) is 34.5 Å². The van der Waals surface area contributed by atoms with E-state index in [1.54, 1.807) is 0 Å². The Morgan fingerprint density at radius 1 is 1.41 bits per heavy atom. The third-order valence-corrected chi connectivity index (χ3v) is 4.96. The minimum atomic E-state index is 0.00224. The number of hydrogen-bond acceptors (Lipinski definition) is 4. The summed E-state index contributed by atoms with van der Waals surface area (Å²) in [5.74, 6) is 0.00224. The van der Waals surface area contributed by atoms with Crippen molar-refractivity contribution in [3.63, 3.8) is 0 Å². The van der Waals surface area contributed by atoms with E-state index in [1.165, 1.54) is 22.5 Å². The van der Waals surface area contributed by atoms with Gasteiger partial charge in [0.2, 0.25) is 0 Å². The van der Waals surface area contributed by atoms with E-state index in [0.717, 1.165) is 30.0 Å². The van der Waals surface area contributed by atoms with Crippen molar-refractivity contribution >= 4 is 17.2 Å². The molecule has 1 aliphatic rings. The lowest BCUT2D eigenvalue weighted by molar-refractivity contribution is 0.0704. The zero-order chi connectivity index (χ0) is 15.7. The van der Waals surface area contributed by atoms with Crippen molar-refractivity contribution in [3.8, 4) is 10.6 Å². The largest absolute Gasteiger partial charge is 0.336 e. The molecule has 2 aromatic rings. The van der Waals surface area contributed by atoms with Crippen LogP contribution in [0, 0.1) is 13.8 Å². The lowest BCUT2D eigenvalue weighted by Gasteiger charge is -2.30. The summed E-state index contributed by atoms with van der Waals surface area (Å²) in [6.45, 7) is 5.57. The first kappa shape index (κ1) is 15.2. The molecule has 2 N–H and O–H groups in total. The molecule has 116 valence electrons. The summed E-state index contributed by atoms with van der Waals surface area (Å²) in [5.41, 5.74) is 10.0. The van der Waals surface area contributed by atoms with Crippen LogP contribution >= 0.6 is 11.3 Å². The molecule has 1 saturated heterocycles. The second-order valence-electron chi connectivity index (χ2n) is 6.01. The Labute approximate surface area is 135 Å². The number of nitrogens with two attached hydrogens (primary N) is 1. The Hall–Kier alpha value is -1.72. The SMILES string of the molecule is Cc1ccc(-c2nc(C(=O)N3CCC[C@H](N)C3)cs2)c(C)c1. The van der Waals surface area contributed by atoms with Gasteiger partial charge in [0.05, 0.1) is 0 Å². The normalized spacial score (nSPS) is 18.5. The van der Waals surface area contributed by atoms with E-state index in [4.69, 9.17) is 5.73 Å². The summed E-state index contributed by atoms with van der Waals surface area (Å²) in [4.78, 5) is 18.9. The Kier molecular flexibility index (Phi) is 4.27. The van der Waals surface area contributed by atoms with Crippen LogP contribution in [0.25, 0.3) is 10.6 Å². The molecule has 1 aromatic heterocycles. The average Bonchev–Trinajstić information content (AvgIpc) is 2.96. The van der Waals surface area contributed by atoms with Gasteiger partial charge in [-0.2, -0.15) is 0 Å². The van der Waals surface area contributed by atoms with Gasteiger partial charge in [-0.05, 0) is 32.3 Å². The van der Waals surface area contributed by atoms with E-state index in [9.17, 15) is 4.79 Å². The van der Waals surface area contributed by atoms with Crippen LogP contribution in [0.2, 0.25) is 0 Å². The minimum absolute atomic E-state index is 0.00224. The topological polar surface area (TPSA) is 59.2 Å². The first-order valence-corrected chi connectivity index (χ1v) is 8.50. The van der Waals surface area contributed by atoms with Gasteiger partial charge >= 0.3 is 0 Å². The van der Waals surface area contributed by atoms with Gasteiger partial charge in [0, 0.05) is 30.1 Å². The predicted octanol–water partition coefficient (Wildman–Crippen LogP) is 2.99. The maximum atomic E-state index is 12.5. The number of amides is 1. The molecule has 3 rings (SSSR count). The molecule has 1 aliphatic heterocycles. The quantitative estimate of drug-likeness (QED) is 0.927. The van der Waals surface area contributed by atoms with Gasteiger partial charge in [-0.15, -0.1) is 11.3 Å². The summed E-state index contributed by atoms with van der Waals surface area (Å²) in [6, 6.07) is 6.39. The fourth-order valence-corrected chi connectivity index (χ4v) is 3.79. The molecule has 0 unspecified atom stereocenters. The molecule has 5 heteroatoms. The highest BCUT2D eigenvalue weighted by Gasteiger charge is 2.24. The first-order valence-electron chi connectivity index (χ1n) is 7.62. The van der Waals surface area contributed by atoms with Crippen molar-refractivity contribution in [2.24, 2.45) is 5.73 Å². The van der Waals surface area contributed by atoms with Gasteiger partial charge in [0.25, 0.3) is 5.91 Å². The maximum Gasteiger partial charge on any atom is 0.273 e. The highest BCUT2D eigenvalue weighted by Crippen LogP contribution is 2.28. The van der Waals surface area contributed by atoms with Gasteiger partial charge in [0.1, 0.15) is 10.7 Å². The summed E-state index contributed by atoms with van der Waals surface area (Å²) in [6.07, 6.45) is 1.97. The first-order chi connectivity index (χ1) is 10.5. The van der Waals surface area contributed by atoms with Gasteiger partial charge in [-0.1, -0.05) is 23.8 Å². The third-order valence-electron chi connectivity index (χ3n) is 4.08. The van der Waals surface area contributed by atoms with Crippen molar-refractivity contribution in [1.82, 2.24) is 9.88 Å². The minimum Gasteiger partial charge on any atom is -0.336 e. The van der Waals surface area contributed by atoms with Gasteiger partial charge in [0.15, 0.2) is 0 Å². The van der Waals surface area contributed by atoms with Crippen LogP contribution in [0.5, 0.6) is 0 Å². The predicted molar refractivity (Wildman–Crippen MR) is 90.1 cm³/mol. The van der Waals surface area contributed by atoms with Gasteiger partial charge < -0.3 is 10.6 Å². The molecular formula is C17H21N3OS. The van der Waals surface area contributed by atoms with Crippen molar-refractivity contribution in [2.45, 2.75) is 32.7 Å². The Bertz CT molecular complexity index is 695. The van der Waals surface area contributed by atoms with Crippen LogP contribution in [0.3, 0.4) is 0 Å². The fourth-order valence-electron chi connectivity index (χ4n) is 2.91. The molecule has 0 bridgehead atoms. The zero-order valence-electron chi connectivity index (χ0n) is 13.0. The van der Waals surface area contributed by atoms with Crippen molar-refractivity contribution < 1.29 is 4.79 Å². The average molecular weight is 315 g/mol. The fraction of sp³-hybridized carbons (Fsp3) is 0.412. The number of carbonyl (C=O) groups is 1. The van der Waals surface area contributed by atoms with Crippen LogP contribution < -0.4 is 5.73 Å². The number of likely N-dealkylation sites (tertiary alicyclic amines) is 1. The standard InChI is InChI=1S/C17H21N3OS/c1-11-5-6-14(12(2)8-11)16-19-15(10-22-16)17(21)20-7-3-4-13(18)9-20/h5-6,8,10,13H,3-4,7,9,18H2,1-2H3/t13-/m0/s1. The molecule has 0 radical (unpaired) electrons. The summed E-state index contributed by atoms with van der Waals surface area (Å²) < 4.78 is 0. The van der Waals surface area contributed by atoms with Crippen molar-refractivity contribution in [1.29, 1.82) is 0 Å². The number of aromatic nitrogens is 1.